The molecule has 2 rings (SSSR count). The van der Waals surface area contributed by atoms with Gasteiger partial charge in [-0.25, -0.2) is 0 Å². The molecule has 2 N–H and O–H groups in total. The predicted molar refractivity (Wildman–Crippen MR) is 60.8 cm³/mol. The zero-order valence-electron chi connectivity index (χ0n) is 9.04. The van der Waals surface area contributed by atoms with Gasteiger partial charge in [-0.3, -0.25) is 10.1 Å². The smallest absolute Gasteiger partial charge is 0.238 e. The molecule has 2 aliphatic rings. The van der Waals surface area contributed by atoms with Crippen molar-refractivity contribution >= 4 is 17.7 Å². The van der Waals surface area contributed by atoms with Gasteiger partial charge in [-0.15, -0.1) is 11.8 Å². The zero-order valence-corrected chi connectivity index (χ0v) is 9.86. The van der Waals surface area contributed by atoms with Crippen molar-refractivity contribution in [2.24, 2.45) is 5.41 Å². The highest BCUT2D eigenvalue weighted by Gasteiger charge is 2.31. The maximum absolute atomic E-state index is 11.7. The first-order chi connectivity index (χ1) is 7.20. The quantitative estimate of drug-likeness (QED) is 0.727. The fraction of sp³-hybridized carbons (Fsp3) is 0.900. The lowest BCUT2D eigenvalue weighted by Gasteiger charge is -2.22. The SMILES string of the molecule is CC1(CNC(=O)[C@H]2CSCN2)CCOC1. The summed E-state index contributed by atoms with van der Waals surface area (Å²) >= 11 is 1.77. The molecule has 86 valence electrons. The van der Waals surface area contributed by atoms with Crippen LogP contribution in [0.15, 0.2) is 0 Å². The Morgan fingerprint density at radius 3 is 3.20 bits per heavy atom. The molecule has 2 heterocycles. The van der Waals surface area contributed by atoms with E-state index in [2.05, 4.69) is 17.6 Å². The van der Waals surface area contributed by atoms with Gasteiger partial charge in [-0.2, -0.15) is 0 Å². The van der Waals surface area contributed by atoms with E-state index in [4.69, 9.17) is 4.74 Å². The van der Waals surface area contributed by atoms with Crippen LogP contribution in [0.1, 0.15) is 13.3 Å². The standard InChI is InChI=1S/C10H18N2O2S/c1-10(2-3-14-6-10)5-11-9(13)8-4-15-7-12-8/h8,12H,2-7H2,1H3,(H,11,13)/t8-,10?/m1/s1. The highest BCUT2D eigenvalue weighted by Crippen LogP contribution is 2.26. The topological polar surface area (TPSA) is 50.4 Å². The molecule has 1 amide bonds. The maximum Gasteiger partial charge on any atom is 0.238 e. The number of nitrogens with one attached hydrogen (secondary N) is 2. The molecular formula is C10H18N2O2S. The highest BCUT2D eigenvalue weighted by atomic mass is 32.2. The van der Waals surface area contributed by atoms with Crippen LogP contribution in [0, 0.1) is 5.41 Å². The van der Waals surface area contributed by atoms with Crippen LogP contribution in [0.5, 0.6) is 0 Å². The van der Waals surface area contributed by atoms with Crippen molar-refractivity contribution in [2.75, 3.05) is 31.4 Å². The van der Waals surface area contributed by atoms with Crippen molar-refractivity contribution in [1.29, 1.82) is 0 Å². The van der Waals surface area contributed by atoms with Gasteiger partial charge in [0.2, 0.25) is 5.91 Å². The molecule has 0 aromatic carbocycles. The molecule has 2 saturated heterocycles. The number of hydrogen-bond donors (Lipinski definition) is 2. The molecule has 0 radical (unpaired) electrons. The summed E-state index contributed by atoms with van der Waals surface area (Å²) in [6.07, 6.45) is 1.04. The molecule has 0 aromatic rings. The van der Waals surface area contributed by atoms with Gasteiger partial charge in [-0.1, -0.05) is 6.92 Å². The van der Waals surface area contributed by atoms with E-state index < -0.39 is 0 Å². The summed E-state index contributed by atoms with van der Waals surface area (Å²) in [5, 5.41) is 6.18. The Hall–Kier alpha value is -0.260. The number of hydrogen-bond acceptors (Lipinski definition) is 4. The summed E-state index contributed by atoms with van der Waals surface area (Å²) in [4.78, 5) is 11.7. The van der Waals surface area contributed by atoms with E-state index in [9.17, 15) is 4.79 Å². The minimum absolute atomic E-state index is 0.000853. The first kappa shape index (κ1) is 11.2. The molecule has 0 bridgehead atoms. The molecule has 2 atom stereocenters. The molecule has 0 spiro atoms. The summed E-state index contributed by atoms with van der Waals surface area (Å²) < 4.78 is 5.35. The molecular weight excluding hydrogens is 212 g/mol. The van der Waals surface area contributed by atoms with Gasteiger partial charge in [-0.05, 0) is 6.42 Å². The number of amides is 1. The lowest BCUT2D eigenvalue weighted by Crippen LogP contribution is -2.45. The fourth-order valence-corrected chi connectivity index (χ4v) is 2.78. The molecule has 0 aliphatic carbocycles. The lowest BCUT2D eigenvalue weighted by molar-refractivity contribution is -0.122. The largest absolute Gasteiger partial charge is 0.381 e. The average Bonchev–Trinajstić information content (AvgIpc) is 2.85. The van der Waals surface area contributed by atoms with E-state index in [1.807, 2.05) is 0 Å². The molecule has 5 heteroatoms. The Labute approximate surface area is 94.5 Å². The molecule has 2 aliphatic heterocycles. The molecule has 1 unspecified atom stereocenters. The van der Waals surface area contributed by atoms with Crippen molar-refractivity contribution in [3.63, 3.8) is 0 Å². The first-order valence-electron chi connectivity index (χ1n) is 5.36. The minimum atomic E-state index is 0.000853. The second kappa shape index (κ2) is 4.72. The highest BCUT2D eigenvalue weighted by molar-refractivity contribution is 7.99. The second-order valence-electron chi connectivity index (χ2n) is 4.60. The summed E-state index contributed by atoms with van der Waals surface area (Å²) in [5.41, 5.74) is 0.140. The monoisotopic (exact) mass is 230 g/mol. The van der Waals surface area contributed by atoms with Crippen LogP contribution in [0.4, 0.5) is 0 Å². The predicted octanol–water partition coefficient (Wildman–Crippen LogP) is 0.192. The Morgan fingerprint density at radius 2 is 2.60 bits per heavy atom. The van der Waals surface area contributed by atoms with E-state index in [0.29, 0.717) is 0 Å². The molecule has 4 nitrogen and oxygen atoms in total. The van der Waals surface area contributed by atoms with Crippen LogP contribution in [-0.2, 0) is 9.53 Å². The van der Waals surface area contributed by atoms with Gasteiger partial charge in [0.15, 0.2) is 0 Å². The molecule has 0 aromatic heterocycles. The van der Waals surface area contributed by atoms with Gasteiger partial charge in [0.1, 0.15) is 0 Å². The van der Waals surface area contributed by atoms with E-state index in [1.165, 1.54) is 0 Å². The third kappa shape index (κ3) is 2.86. The van der Waals surface area contributed by atoms with Crippen LogP contribution < -0.4 is 10.6 Å². The van der Waals surface area contributed by atoms with Gasteiger partial charge in [0.25, 0.3) is 0 Å². The van der Waals surface area contributed by atoms with Crippen LogP contribution in [0.2, 0.25) is 0 Å². The van der Waals surface area contributed by atoms with Gasteiger partial charge in [0.05, 0.1) is 12.6 Å². The number of carbonyl (C=O) groups is 1. The van der Waals surface area contributed by atoms with Crippen LogP contribution in [-0.4, -0.2) is 43.3 Å². The Balaban J connectivity index is 1.74. The van der Waals surface area contributed by atoms with Crippen molar-refractivity contribution in [1.82, 2.24) is 10.6 Å². The van der Waals surface area contributed by atoms with Crippen LogP contribution in [0.3, 0.4) is 0 Å². The fourth-order valence-electron chi connectivity index (χ4n) is 1.84. The summed E-state index contributed by atoms with van der Waals surface area (Å²) in [5.74, 6) is 1.91. The minimum Gasteiger partial charge on any atom is -0.381 e. The lowest BCUT2D eigenvalue weighted by atomic mass is 9.90. The zero-order chi connectivity index (χ0) is 10.7. The summed E-state index contributed by atoms with van der Waals surface area (Å²) in [7, 11) is 0. The van der Waals surface area contributed by atoms with Crippen molar-refractivity contribution in [2.45, 2.75) is 19.4 Å². The molecule has 15 heavy (non-hydrogen) atoms. The van der Waals surface area contributed by atoms with Crippen LogP contribution in [0.25, 0.3) is 0 Å². The van der Waals surface area contributed by atoms with E-state index in [0.717, 1.165) is 37.8 Å². The molecule has 0 saturated carbocycles. The van der Waals surface area contributed by atoms with Crippen LogP contribution >= 0.6 is 11.8 Å². The van der Waals surface area contributed by atoms with Crippen molar-refractivity contribution in [3.05, 3.63) is 0 Å². The van der Waals surface area contributed by atoms with E-state index >= 15 is 0 Å². The third-order valence-corrected chi connectivity index (χ3v) is 3.96. The third-order valence-electron chi connectivity index (χ3n) is 3.02. The normalized spacial score (nSPS) is 35.7. The van der Waals surface area contributed by atoms with Gasteiger partial charge >= 0.3 is 0 Å². The van der Waals surface area contributed by atoms with Gasteiger partial charge < -0.3 is 10.1 Å². The Morgan fingerprint density at radius 1 is 1.73 bits per heavy atom. The second-order valence-corrected chi connectivity index (χ2v) is 5.63. The Kier molecular flexibility index (Phi) is 3.53. The first-order valence-corrected chi connectivity index (χ1v) is 6.52. The number of carbonyl (C=O) groups excluding carboxylic acids is 1. The number of thioether (sulfide) groups is 1. The van der Waals surface area contributed by atoms with Gasteiger partial charge in [0, 0.05) is 30.2 Å². The van der Waals surface area contributed by atoms with E-state index in [1.54, 1.807) is 11.8 Å². The molecule has 2 fully saturated rings. The van der Waals surface area contributed by atoms with E-state index in [-0.39, 0.29) is 17.4 Å². The number of ether oxygens (including phenoxy) is 1. The van der Waals surface area contributed by atoms with Crippen molar-refractivity contribution < 1.29 is 9.53 Å². The number of rotatable bonds is 3. The maximum atomic E-state index is 11.7. The van der Waals surface area contributed by atoms with Crippen molar-refractivity contribution in [3.8, 4) is 0 Å². The Bertz CT molecular complexity index is 236. The average molecular weight is 230 g/mol. The summed E-state index contributed by atoms with van der Waals surface area (Å²) in [6.45, 7) is 4.48. The summed E-state index contributed by atoms with van der Waals surface area (Å²) in [6, 6.07) is 0.000853.